The number of hydrogen-bond donors (Lipinski definition) is 1. The number of carbonyl (C=O) groups excluding carboxylic acids is 1. The molecule has 28 heavy (non-hydrogen) atoms. The average Bonchev–Trinajstić information content (AvgIpc) is 2.88. The van der Waals surface area contributed by atoms with Gasteiger partial charge in [0.25, 0.3) is 0 Å². The van der Waals surface area contributed by atoms with Gasteiger partial charge in [0, 0.05) is 24.2 Å². The number of piperidine rings is 1. The van der Waals surface area contributed by atoms with Crippen molar-refractivity contribution >= 4 is 17.6 Å². The molecule has 0 aromatic heterocycles. The summed E-state index contributed by atoms with van der Waals surface area (Å²) in [5.41, 5.74) is -0.297. The molecule has 5 nitrogen and oxygen atoms in total. The third-order valence-electron chi connectivity index (χ3n) is 5.78. The molecule has 3 rings (SSSR count). The van der Waals surface area contributed by atoms with E-state index in [1.807, 2.05) is 13.8 Å². The Hall–Kier alpha value is -2.25. The summed E-state index contributed by atoms with van der Waals surface area (Å²) in [6.45, 7) is 4.66. The number of rotatable bonds is 4. The lowest BCUT2D eigenvalue weighted by Gasteiger charge is -2.42. The minimum absolute atomic E-state index is 0.00858. The standard InChI is InChI=1S/C20H25F3N2O3/c1-19(2)12-16-15(4-3-11-24(16)17(26)9-10-18(27)28)25(19)14-7-5-13(6-8-14)20(21,22)23/h5-8,15-16H,3-4,9-12H2,1-2H3,(H,27,28)/t15-,16-/m0/s1. The Morgan fingerprint density at radius 1 is 1.14 bits per heavy atom. The van der Waals surface area contributed by atoms with Gasteiger partial charge in [0.1, 0.15) is 0 Å². The van der Waals surface area contributed by atoms with Crippen LogP contribution in [0.5, 0.6) is 0 Å². The molecule has 0 saturated carbocycles. The molecule has 2 heterocycles. The summed E-state index contributed by atoms with van der Waals surface area (Å²) in [5, 5.41) is 8.84. The van der Waals surface area contributed by atoms with E-state index in [4.69, 9.17) is 5.11 Å². The van der Waals surface area contributed by atoms with Crippen LogP contribution in [0, 0.1) is 0 Å². The number of hydrogen-bond acceptors (Lipinski definition) is 3. The first-order valence-corrected chi connectivity index (χ1v) is 9.48. The maximum absolute atomic E-state index is 12.9. The van der Waals surface area contributed by atoms with Crippen LogP contribution >= 0.6 is 0 Å². The number of halogens is 3. The molecule has 2 atom stereocenters. The quantitative estimate of drug-likeness (QED) is 0.835. The van der Waals surface area contributed by atoms with Crippen LogP contribution in [0.3, 0.4) is 0 Å². The Labute approximate surface area is 162 Å². The molecule has 8 heteroatoms. The van der Waals surface area contributed by atoms with Crippen molar-refractivity contribution in [2.45, 2.75) is 69.8 Å². The molecule has 2 aliphatic rings. The highest BCUT2D eigenvalue weighted by atomic mass is 19.4. The van der Waals surface area contributed by atoms with Crippen molar-refractivity contribution < 1.29 is 27.9 Å². The minimum Gasteiger partial charge on any atom is -0.481 e. The minimum atomic E-state index is -4.38. The first-order chi connectivity index (χ1) is 13.0. The van der Waals surface area contributed by atoms with Crippen molar-refractivity contribution in [1.82, 2.24) is 4.90 Å². The number of fused-ring (bicyclic) bond motifs is 1. The van der Waals surface area contributed by atoms with E-state index in [1.54, 1.807) is 4.90 Å². The maximum Gasteiger partial charge on any atom is 0.416 e. The Bertz CT molecular complexity index is 746. The fraction of sp³-hybridized carbons (Fsp3) is 0.600. The van der Waals surface area contributed by atoms with Crippen molar-refractivity contribution in [1.29, 1.82) is 0 Å². The number of alkyl halides is 3. The van der Waals surface area contributed by atoms with Gasteiger partial charge in [-0.15, -0.1) is 0 Å². The summed E-state index contributed by atoms with van der Waals surface area (Å²) >= 11 is 0. The zero-order valence-corrected chi connectivity index (χ0v) is 16.0. The Morgan fingerprint density at radius 3 is 2.36 bits per heavy atom. The highest BCUT2D eigenvalue weighted by Gasteiger charge is 2.50. The Morgan fingerprint density at radius 2 is 1.79 bits per heavy atom. The summed E-state index contributed by atoms with van der Waals surface area (Å²) in [6.07, 6.45) is -2.28. The van der Waals surface area contributed by atoms with Gasteiger partial charge in [0.05, 0.1) is 24.1 Å². The zero-order valence-electron chi connectivity index (χ0n) is 16.0. The van der Waals surface area contributed by atoms with E-state index in [-0.39, 0.29) is 36.4 Å². The number of nitrogens with zero attached hydrogens (tertiary/aromatic N) is 2. The van der Waals surface area contributed by atoms with Gasteiger partial charge < -0.3 is 14.9 Å². The first kappa shape index (κ1) is 20.5. The van der Waals surface area contributed by atoms with Crippen LogP contribution in [0.2, 0.25) is 0 Å². The second-order valence-corrected chi connectivity index (χ2v) is 8.19. The van der Waals surface area contributed by atoms with E-state index in [0.29, 0.717) is 18.7 Å². The number of anilines is 1. The van der Waals surface area contributed by atoms with Crippen LogP contribution in [-0.4, -0.2) is 46.1 Å². The number of aliphatic carboxylic acids is 1. The van der Waals surface area contributed by atoms with Crippen LogP contribution in [-0.2, 0) is 15.8 Å². The van der Waals surface area contributed by atoms with Crippen LogP contribution in [0.4, 0.5) is 18.9 Å². The molecule has 154 valence electrons. The van der Waals surface area contributed by atoms with E-state index >= 15 is 0 Å². The predicted octanol–water partition coefficient (Wildman–Crippen LogP) is 3.92. The normalized spacial score (nSPS) is 24.2. The molecule has 1 amide bonds. The molecule has 1 N–H and O–H groups in total. The maximum atomic E-state index is 12.9. The van der Waals surface area contributed by atoms with Crippen LogP contribution in [0.1, 0.15) is 51.5 Å². The van der Waals surface area contributed by atoms with Crippen molar-refractivity contribution in [2.75, 3.05) is 11.4 Å². The SMILES string of the molecule is CC1(C)C[C@H]2[C@H](CCCN2C(=O)CCC(=O)O)N1c1ccc(C(F)(F)F)cc1. The van der Waals surface area contributed by atoms with Crippen LogP contribution < -0.4 is 4.90 Å². The Kier molecular flexibility index (Phi) is 5.34. The number of carboxylic acids is 1. The Balaban J connectivity index is 1.84. The number of likely N-dealkylation sites (tertiary alicyclic amines) is 1. The fourth-order valence-electron chi connectivity index (χ4n) is 4.66. The van der Waals surface area contributed by atoms with Gasteiger partial charge in [0.2, 0.25) is 5.91 Å². The number of amides is 1. The monoisotopic (exact) mass is 398 g/mol. The lowest BCUT2D eigenvalue weighted by molar-refractivity contribution is -0.142. The average molecular weight is 398 g/mol. The number of benzene rings is 1. The summed E-state index contributed by atoms with van der Waals surface area (Å²) in [5.74, 6) is -1.16. The summed E-state index contributed by atoms with van der Waals surface area (Å²) in [6, 6.07) is 5.13. The van der Waals surface area contributed by atoms with Crippen LogP contribution in [0.15, 0.2) is 24.3 Å². The molecule has 1 aromatic carbocycles. The van der Waals surface area contributed by atoms with E-state index < -0.39 is 17.7 Å². The largest absolute Gasteiger partial charge is 0.481 e. The van der Waals surface area contributed by atoms with Gasteiger partial charge in [-0.1, -0.05) is 0 Å². The van der Waals surface area contributed by atoms with Crippen molar-refractivity contribution in [3.8, 4) is 0 Å². The van der Waals surface area contributed by atoms with Gasteiger partial charge in [-0.2, -0.15) is 13.2 Å². The molecule has 0 unspecified atom stereocenters. The molecular weight excluding hydrogens is 373 g/mol. The van der Waals surface area contributed by atoms with Gasteiger partial charge >= 0.3 is 12.1 Å². The zero-order chi connectivity index (χ0) is 20.7. The van der Waals surface area contributed by atoms with Gasteiger partial charge in [-0.05, 0) is 57.4 Å². The molecule has 2 aliphatic heterocycles. The fourth-order valence-corrected chi connectivity index (χ4v) is 4.66. The van der Waals surface area contributed by atoms with Crippen LogP contribution in [0.25, 0.3) is 0 Å². The first-order valence-electron chi connectivity index (χ1n) is 9.48. The molecule has 0 spiro atoms. The highest BCUT2D eigenvalue weighted by molar-refractivity contribution is 5.81. The molecule has 0 radical (unpaired) electrons. The summed E-state index contributed by atoms with van der Waals surface area (Å²) in [4.78, 5) is 27.3. The van der Waals surface area contributed by atoms with Crippen molar-refractivity contribution in [2.24, 2.45) is 0 Å². The molecule has 0 bridgehead atoms. The van der Waals surface area contributed by atoms with E-state index in [0.717, 1.165) is 25.0 Å². The van der Waals surface area contributed by atoms with E-state index in [1.165, 1.54) is 12.1 Å². The third kappa shape index (κ3) is 3.95. The van der Waals surface area contributed by atoms with Crippen molar-refractivity contribution in [3.05, 3.63) is 29.8 Å². The number of carboxylic acid groups (broad SMARTS) is 1. The molecule has 2 saturated heterocycles. The number of carbonyl (C=O) groups is 2. The van der Waals surface area contributed by atoms with Gasteiger partial charge in [-0.25, -0.2) is 0 Å². The topological polar surface area (TPSA) is 60.9 Å². The molecular formula is C20H25F3N2O3. The highest BCUT2D eigenvalue weighted by Crippen LogP contribution is 2.44. The van der Waals surface area contributed by atoms with Gasteiger partial charge in [0.15, 0.2) is 0 Å². The third-order valence-corrected chi connectivity index (χ3v) is 5.78. The lowest BCUT2D eigenvalue weighted by atomic mass is 9.93. The second kappa shape index (κ2) is 7.29. The summed E-state index contributed by atoms with van der Waals surface area (Å²) < 4.78 is 38.7. The van der Waals surface area contributed by atoms with E-state index in [9.17, 15) is 22.8 Å². The lowest BCUT2D eigenvalue weighted by Crippen LogP contribution is -2.52. The predicted molar refractivity (Wildman–Crippen MR) is 98.0 cm³/mol. The van der Waals surface area contributed by atoms with E-state index in [2.05, 4.69) is 4.90 Å². The smallest absolute Gasteiger partial charge is 0.416 e. The van der Waals surface area contributed by atoms with Gasteiger partial charge in [-0.3, -0.25) is 9.59 Å². The molecule has 2 fully saturated rings. The van der Waals surface area contributed by atoms with Crippen molar-refractivity contribution in [3.63, 3.8) is 0 Å². The molecule has 1 aromatic rings. The second-order valence-electron chi connectivity index (χ2n) is 8.19. The summed E-state index contributed by atoms with van der Waals surface area (Å²) in [7, 11) is 0. The molecule has 0 aliphatic carbocycles.